The van der Waals surface area contributed by atoms with Crippen LogP contribution in [0.25, 0.3) is 28.2 Å². The highest BCUT2D eigenvalue weighted by molar-refractivity contribution is 8.13. The molecule has 2 N–H and O–H groups in total. The Morgan fingerprint density at radius 3 is 2.51 bits per heavy atom. The largest absolute Gasteiger partial charge is 0.497 e. The Morgan fingerprint density at radius 2 is 1.85 bits per heavy atom. The number of hydrogen-bond donors (Lipinski definition) is 2. The first-order chi connectivity index (χ1) is 19.5. The van der Waals surface area contributed by atoms with E-state index in [2.05, 4.69) is 9.29 Å². The van der Waals surface area contributed by atoms with E-state index in [4.69, 9.17) is 9.47 Å². The van der Waals surface area contributed by atoms with E-state index in [9.17, 15) is 18.4 Å². The zero-order valence-electron chi connectivity index (χ0n) is 24.5. The van der Waals surface area contributed by atoms with Crippen LogP contribution < -0.4 is 9.46 Å². The summed E-state index contributed by atoms with van der Waals surface area (Å²) in [4.78, 5) is 26.3. The summed E-state index contributed by atoms with van der Waals surface area (Å²) in [6, 6.07) is 11.4. The van der Waals surface area contributed by atoms with Gasteiger partial charge in [-0.05, 0) is 79.6 Å². The van der Waals surface area contributed by atoms with Gasteiger partial charge >= 0.3 is 5.97 Å². The second kappa shape index (κ2) is 10.8. The molecule has 8 nitrogen and oxygen atoms in total. The van der Waals surface area contributed by atoms with E-state index in [1.54, 1.807) is 26.2 Å². The molecular formula is C32H40N2O6S. The lowest BCUT2D eigenvalue weighted by Gasteiger charge is -2.44. The van der Waals surface area contributed by atoms with Crippen molar-refractivity contribution < 1.29 is 27.8 Å². The third kappa shape index (κ3) is 5.33. The second-order valence-corrected chi connectivity index (χ2v) is 15.3. The number of carbonyl (C=O) groups excluding carboxylic acids is 2. The fraction of sp³-hybridized carbons (Fsp3) is 0.438. The molecule has 0 radical (unpaired) electrons. The summed E-state index contributed by atoms with van der Waals surface area (Å²) in [6.45, 7) is 3.74. The summed E-state index contributed by atoms with van der Waals surface area (Å²) in [5, 5.41) is 0.416. The molecule has 5 rings (SSSR count). The van der Waals surface area contributed by atoms with E-state index in [0.29, 0.717) is 23.7 Å². The highest BCUT2D eigenvalue weighted by Crippen LogP contribution is 2.47. The molecule has 1 aliphatic heterocycles. The number of methoxy groups -OCH3 is 2. The molecule has 9 heteroatoms. The first-order valence-corrected chi connectivity index (χ1v) is 16.7. The van der Waals surface area contributed by atoms with Crippen molar-refractivity contribution in [3.8, 4) is 17.0 Å². The van der Waals surface area contributed by atoms with Crippen LogP contribution >= 0.6 is 0 Å². The Bertz CT molecular complexity index is 1620. The van der Waals surface area contributed by atoms with Crippen LogP contribution in [0.2, 0.25) is 0 Å². The molecule has 1 saturated carbocycles. The van der Waals surface area contributed by atoms with Gasteiger partial charge in [0, 0.05) is 28.3 Å². The SMILES string of the molecule is CCC(C)S(C)(=O)(O)NC(=O)c1ccc2c(C3CCCCC3)c3n(c2c1)CC(C(=O)OC)=Cc1cc(OC)ccc1-3. The van der Waals surface area contributed by atoms with Crippen molar-refractivity contribution in [2.75, 3.05) is 20.5 Å². The second-order valence-electron chi connectivity index (χ2n) is 11.5. The van der Waals surface area contributed by atoms with Crippen LogP contribution in [0.5, 0.6) is 5.75 Å². The van der Waals surface area contributed by atoms with Crippen LogP contribution in [0.4, 0.5) is 0 Å². The number of carbonyl (C=O) groups is 2. The molecule has 0 saturated heterocycles. The number of benzene rings is 2. The van der Waals surface area contributed by atoms with Crippen molar-refractivity contribution in [1.82, 2.24) is 9.29 Å². The summed E-state index contributed by atoms with van der Waals surface area (Å²) >= 11 is 0. The molecule has 1 aromatic heterocycles. The normalized spacial score (nSPS) is 17.3. The van der Waals surface area contributed by atoms with Gasteiger partial charge in [0.2, 0.25) is 0 Å². The smallest absolute Gasteiger partial charge is 0.335 e. The lowest BCUT2D eigenvalue weighted by Crippen LogP contribution is -2.55. The van der Waals surface area contributed by atoms with Crippen LogP contribution in [0.15, 0.2) is 42.0 Å². The third-order valence-electron chi connectivity index (χ3n) is 8.86. The summed E-state index contributed by atoms with van der Waals surface area (Å²) < 4.78 is 39.5. The number of fused-ring (bicyclic) bond motifs is 5. The molecule has 1 fully saturated rings. The van der Waals surface area contributed by atoms with Gasteiger partial charge in [-0.25, -0.2) is 4.79 Å². The van der Waals surface area contributed by atoms with Gasteiger partial charge in [-0.3, -0.25) is 14.1 Å². The third-order valence-corrected chi connectivity index (χ3v) is 11.8. The van der Waals surface area contributed by atoms with Crippen molar-refractivity contribution >= 4 is 38.4 Å². The van der Waals surface area contributed by atoms with Crippen LogP contribution in [0, 0.1) is 0 Å². The number of ether oxygens (including phenoxy) is 2. The minimum atomic E-state index is -4.41. The Kier molecular flexibility index (Phi) is 7.63. The van der Waals surface area contributed by atoms with E-state index in [1.165, 1.54) is 25.3 Å². The molecule has 220 valence electrons. The lowest BCUT2D eigenvalue weighted by molar-refractivity contribution is -0.136. The molecular weight excluding hydrogens is 540 g/mol. The van der Waals surface area contributed by atoms with Crippen LogP contribution in [0.3, 0.4) is 0 Å². The fourth-order valence-corrected chi connectivity index (χ4v) is 7.77. The first kappa shape index (κ1) is 29.1. The Hall–Kier alpha value is -3.43. The van der Waals surface area contributed by atoms with Gasteiger partial charge in [0.05, 0.1) is 37.3 Å². The monoisotopic (exact) mass is 580 g/mol. The topological polar surface area (TPSA) is 107 Å². The number of esters is 1. The Balaban J connectivity index is 1.75. The van der Waals surface area contributed by atoms with Gasteiger partial charge in [-0.1, -0.05) is 32.3 Å². The number of hydrogen-bond acceptors (Lipinski definition) is 5. The van der Waals surface area contributed by atoms with Gasteiger partial charge in [0.1, 0.15) is 5.75 Å². The minimum absolute atomic E-state index is 0.258. The van der Waals surface area contributed by atoms with Gasteiger partial charge < -0.3 is 14.0 Å². The Labute approximate surface area is 241 Å². The standard InChI is InChI=1S/C32H40N2O6S/c1-6-20(2)41(5,37,38)33-31(35)22-12-14-27-28(18-22)34-19-24(32(36)40-4)16-23-17-25(39-3)13-15-26(23)30(34)29(27)21-10-8-7-9-11-21/h12-18,20-21H,6-11,19H2,1-5H3,(H2,33,35,37,38). The molecule has 1 amide bonds. The first-order valence-electron chi connectivity index (χ1n) is 14.3. The zero-order valence-corrected chi connectivity index (χ0v) is 25.3. The number of rotatable bonds is 7. The summed E-state index contributed by atoms with van der Waals surface area (Å²) in [6.07, 6.45) is 9.16. The van der Waals surface area contributed by atoms with Crippen molar-refractivity contribution in [3.63, 3.8) is 0 Å². The van der Waals surface area contributed by atoms with E-state index in [1.807, 2.05) is 37.3 Å². The van der Waals surface area contributed by atoms with E-state index in [0.717, 1.165) is 53.4 Å². The van der Waals surface area contributed by atoms with Crippen LogP contribution in [-0.4, -0.2) is 50.9 Å². The van der Waals surface area contributed by atoms with Gasteiger partial charge in [-0.15, -0.1) is 9.53 Å². The average molecular weight is 581 g/mol. The van der Waals surface area contributed by atoms with E-state index < -0.39 is 26.7 Å². The molecule has 41 heavy (non-hydrogen) atoms. The molecule has 2 heterocycles. The molecule has 1 aliphatic carbocycles. The molecule has 1 atom stereocenters. The van der Waals surface area contributed by atoms with Crippen molar-refractivity contribution in [2.45, 2.75) is 70.1 Å². The van der Waals surface area contributed by atoms with Gasteiger partial charge in [0.15, 0.2) is 0 Å². The van der Waals surface area contributed by atoms with E-state index >= 15 is 0 Å². The van der Waals surface area contributed by atoms with Gasteiger partial charge in [0.25, 0.3) is 5.91 Å². The fourth-order valence-electron chi connectivity index (χ4n) is 6.22. The maximum atomic E-state index is 13.4. The maximum Gasteiger partial charge on any atom is 0.335 e. The van der Waals surface area contributed by atoms with Crippen molar-refractivity contribution in [2.24, 2.45) is 0 Å². The van der Waals surface area contributed by atoms with Crippen molar-refractivity contribution in [1.29, 1.82) is 0 Å². The molecule has 2 aromatic carbocycles. The molecule has 1 unspecified atom stereocenters. The minimum Gasteiger partial charge on any atom is -0.497 e. The number of nitrogens with zero attached hydrogens (tertiary/aromatic N) is 1. The van der Waals surface area contributed by atoms with Crippen molar-refractivity contribution in [3.05, 3.63) is 58.7 Å². The Morgan fingerprint density at radius 1 is 1.12 bits per heavy atom. The number of amides is 1. The summed E-state index contributed by atoms with van der Waals surface area (Å²) in [5.41, 5.74) is 5.65. The summed E-state index contributed by atoms with van der Waals surface area (Å²) in [5.74, 6) is -0.00986. The zero-order chi connectivity index (χ0) is 29.6. The predicted molar refractivity (Wildman–Crippen MR) is 164 cm³/mol. The highest BCUT2D eigenvalue weighted by Gasteiger charge is 2.33. The quantitative estimate of drug-likeness (QED) is 0.318. The maximum absolute atomic E-state index is 13.4. The number of nitrogens with one attached hydrogen (secondary N) is 1. The number of aromatic nitrogens is 1. The average Bonchev–Trinajstić information content (AvgIpc) is 3.18. The molecule has 0 bridgehead atoms. The highest BCUT2D eigenvalue weighted by atomic mass is 32.3. The molecule has 0 spiro atoms. The van der Waals surface area contributed by atoms with E-state index in [-0.39, 0.29) is 12.1 Å². The predicted octanol–water partition coefficient (Wildman–Crippen LogP) is 6.30. The summed E-state index contributed by atoms with van der Waals surface area (Å²) in [7, 11) is -1.42. The molecule has 2 aliphatic rings. The lowest BCUT2D eigenvalue weighted by atomic mass is 9.81. The van der Waals surface area contributed by atoms with Crippen LogP contribution in [0.1, 0.15) is 79.8 Å². The molecule has 3 aromatic rings. The van der Waals surface area contributed by atoms with Crippen LogP contribution in [-0.2, 0) is 25.6 Å². The van der Waals surface area contributed by atoms with Gasteiger partial charge in [-0.2, -0.15) is 4.21 Å².